The largest absolute Gasteiger partial charge is 0.501 e. The predicted molar refractivity (Wildman–Crippen MR) is 73.9 cm³/mol. The molecule has 0 unspecified atom stereocenters. The van der Waals surface area contributed by atoms with Crippen LogP contribution in [0.5, 0.6) is 5.75 Å². The summed E-state index contributed by atoms with van der Waals surface area (Å²) in [6, 6.07) is 1.24. The highest BCUT2D eigenvalue weighted by atomic mass is 32.2. The van der Waals surface area contributed by atoms with E-state index in [1.54, 1.807) is 6.19 Å². The molecule has 0 radical (unpaired) electrons. The van der Waals surface area contributed by atoms with Crippen LogP contribution >= 0.6 is 11.8 Å². The summed E-state index contributed by atoms with van der Waals surface area (Å²) in [7, 11) is -4.73. The van der Waals surface area contributed by atoms with Gasteiger partial charge in [0.1, 0.15) is 10.6 Å². The fourth-order valence-corrected chi connectivity index (χ4v) is 2.09. The second kappa shape index (κ2) is 6.39. The number of amidine groups is 1. The van der Waals surface area contributed by atoms with Crippen LogP contribution in [0.2, 0.25) is 0 Å². The fourth-order valence-electron chi connectivity index (χ4n) is 1.23. The lowest BCUT2D eigenvalue weighted by Crippen LogP contribution is -2.12. The Kier molecular flexibility index (Phi) is 5.08. The number of nitro groups is 1. The second-order valence-electron chi connectivity index (χ2n) is 3.40. The molecule has 112 valence electrons. The SMILES string of the molecule is CSC(=Nc1cc(S(=O)(=O)O)cc([N+](=O)[O-])c1O)NC#N. The molecule has 10 nitrogen and oxygen atoms in total. The molecule has 0 atom stereocenters. The van der Waals surface area contributed by atoms with Crippen LogP contribution in [0.1, 0.15) is 0 Å². The first kappa shape index (κ1) is 16.7. The van der Waals surface area contributed by atoms with E-state index in [2.05, 4.69) is 10.3 Å². The molecule has 0 aliphatic carbocycles. The molecule has 3 N–H and O–H groups in total. The average molecular weight is 332 g/mol. The van der Waals surface area contributed by atoms with Crippen molar-refractivity contribution < 1.29 is 23.0 Å². The highest BCUT2D eigenvalue weighted by Crippen LogP contribution is 2.38. The number of hydrogen-bond donors (Lipinski definition) is 3. The minimum atomic E-state index is -4.73. The number of nitriles is 1. The van der Waals surface area contributed by atoms with Crippen LogP contribution in [0.4, 0.5) is 11.4 Å². The van der Waals surface area contributed by atoms with Crippen LogP contribution in [-0.4, -0.2) is 34.4 Å². The van der Waals surface area contributed by atoms with Gasteiger partial charge in [0.2, 0.25) is 5.75 Å². The van der Waals surface area contributed by atoms with Crippen molar-refractivity contribution in [3.63, 3.8) is 0 Å². The second-order valence-corrected chi connectivity index (χ2v) is 5.62. The van der Waals surface area contributed by atoms with Crippen molar-refractivity contribution in [3.05, 3.63) is 22.2 Å². The number of nitrogens with zero attached hydrogens (tertiary/aromatic N) is 3. The van der Waals surface area contributed by atoms with Gasteiger partial charge in [-0.2, -0.15) is 13.7 Å². The maximum absolute atomic E-state index is 11.1. The molecule has 0 bridgehead atoms. The third-order valence-corrected chi connectivity index (χ3v) is 3.53. The van der Waals surface area contributed by atoms with Gasteiger partial charge in [0.05, 0.1) is 4.92 Å². The average Bonchev–Trinajstić information content (AvgIpc) is 2.38. The number of aromatic hydroxyl groups is 1. The molecule has 0 aromatic heterocycles. The Morgan fingerprint density at radius 3 is 2.62 bits per heavy atom. The van der Waals surface area contributed by atoms with E-state index in [0.29, 0.717) is 6.07 Å². The van der Waals surface area contributed by atoms with Crippen molar-refractivity contribution >= 4 is 38.4 Å². The molecule has 0 saturated carbocycles. The van der Waals surface area contributed by atoms with Gasteiger partial charge in [0.25, 0.3) is 10.1 Å². The van der Waals surface area contributed by atoms with Gasteiger partial charge in [-0.15, -0.1) is 0 Å². The maximum atomic E-state index is 11.1. The number of aliphatic imine (C=N–C) groups is 1. The number of rotatable bonds is 3. The summed E-state index contributed by atoms with van der Waals surface area (Å²) in [5.41, 5.74) is -1.43. The van der Waals surface area contributed by atoms with Crippen LogP contribution in [0, 0.1) is 21.6 Å². The molecule has 1 aromatic rings. The van der Waals surface area contributed by atoms with Crippen molar-refractivity contribution in [1.82, 2.24) is 5.32 Å². The zero-order valence-electron chi connectivity index (χ0n) is 10.3. The quantitative estimate of drug-likeness (QED) is 0.139. The molecule has 0 heterocycles. The van der Waals surface area contributed by atoms with Gasteiger partial charge in [0, 0.05) is 6.07 Å². The number of thioether (sulfide) groups is 1. The van der Waals surface area contributed by atoms with E-state index in [1.807, 2.05) is 0 Å². The van der Waals surface area contributed by atoms with Crippen LogP contribution in [0.15, 0.2) is 22.0 Å². The molecule has 0 aliphatic rings. The van der Waals surface area contributed by atoms with Gasteiger partial charge in [-0.1, -0.05) is 11.8 Å². The molecule has 0 aliphatic heterocycles. The summed E-state index contributed by atoms with van der Waals surface area (Å²) in [6.07, 6.45) is 3.08. The number of benzene rings is 1. The van der Waals surface area contributed by atoms with Gasteiger partial charge in [0.15, 0.2) is 11.4 Å². The Labute approximate surface area is 123 Å². The molecule has 0 spiro atoms. The number of nitro benzene ring substituents is 1. The van der Waals surface area contributed by atoms with Crippen molar-refractivity contribution in [2.75, 3.05) is 6.26 Å². The molecule has 0 saturated heterocycles. The van der Waals surface area contributed by atoms with E-state index in [-0.39, 0.29) is 5.17 Å². The van der Waals surface area contributed by atoms with Gasteiger partial charge in [-0.05, 0) is 12.3 Å². The Morgan fingerprint density at radius 1 is 1.57 bits per heavy atom. The predicted octanol–water partition coefficient (Wildman–Crippen LogP) is 0.968. The van der Waals surface area contributed by atoms with Crippen LogP contribution < -0.4 is 5.32 Å². The fraction of sp³-hybridized carbons (Fsp3) is 0.111. The van der Waals surface area contributed by atoms with Gasteiger partial charge in [-0.3, -0.25) is 20.0 Å². The van der Waals surface area contributed by atoms with E-state index in [9.17, 15) is 23.6 Å². The van der Waals surface area contributed by atoms with Crippen molar-refractivity contribution in [2.45, 2.75) is 4.90 Å². The third kappa shape index (κ3) is 4.05. The van der Waals surface area contributed by atoms with Crippen LogP contribution in [-0.2, 0) is 10.1 Å². The van der Waals surface area contributed by atoms with E-state index >= 15 is 0 Å². The Bertz CT molecular complexity index is 752. The molecule has 0 amide bonds. The monoisotopic (exact) mass is 332 g/mol. The first-order valence-electron chi connectivity index (χ1n) is 4.97. The maximum Gasteiger partial charge on any atom is 0.314 e. The summed E-state index contributed by atoms with van der Waals surface area (Å²) < 4.78 is 31.1. The summed E-state index contributed by atoms with van der Waals surface area (Å²) >= 11 is 0.949. The lowest BCUT2D eigenvalue weighted by molar-refractivity contribution is -0.386. The van der Waals surface area contributed by atoms with Crippen LogP contribution in [0.25, 0.3) is 0 Å². The number of nitrogens with one attached hydrogen (secondary N) is 1. The van der Waals surface area contributed by atoms with Crippen molar-refractivity contribution in [3.8, 4) is 11.9 Å². The van der Waals surface area contributed by atoms with Crippen molar-refractivity contribution in [1.29, 1.82) is 5.26 Å². The third-order valence-electron chi connectivity index (χ3n) is 2.12. The molecular weight excluding hydrogens is 324 g/mol. The molecule has 1 rings (SSSR count). The van der Waals surface area contributed by atoms with E-state index < -0.39 is 37.1 Å². The Morgan fingerprint density at radius 2 is 2.19 bits per heavy atom. The van der Waals surface area contributed by atoms with Crippen LogP contribution in [0.3, 0.4) is 0 Å². The molecule has 1 aromatic carbocycles. The van der Waals surface area contributed by atoms with Gasteiger partial charge in [-0.25, -0.2) is 4.99 Å². The number of phenolic OH excluding ortho intramolecular Hbond substituents is 1. The lowest BCUT2D eigenvalue weighted by atomic mass is 10.2. The zero-order chi connectivity index (χ0) is 16.2. The molecule has 21 heavy (non-hydrogen) atoms. The highest BCUT2D eigenvalue weighted by Gasteiger charge is 2.24. The smallest absolute Gasteiger partial charge is 0.314 e. The van der Waals surface area contributed by atoms with E-state index in [4.69, 9.17) is 9.81 Å². The Hall–Kier alpha value is -2.36. The summed E-state index contributed by atoms with van der Waals surface area (Å²) in [5.74, 6) is -0.890. The zero-order valence-corrected chi connectivity index (χ0v) is 12.0. The lowest BCUT2D eigenvalue weighted by Gasteiger charge is -2.05. The molecule has 12 heteroatoms. The number of hydrogen-bond acceptors (Lipinski definition) is 8. The summed E-state index contributed by atoms with van der Waals surface area (Å²) in [6.45, 7) is 0. The molecular formula is C9H8N4O6S2. The minimum Gasteiger partial charge on any atom is -0.501 e. The standard InChI is InChI=1S/C9H8N4O6S2/c1-20-9(11-4-10)12-6-2-5(21(17,18)19)3-7(8(6)14)13(15)16/h2-3,14H,1H3,(H,11,12)(H,17,18,19). The first-order valence-corrected chi connectivity index (χ1v) is 7.64. The minimum absolute atomic E-state index is 0.0328. The highest BCUT2D eigenvalue weighted by molar-refractivity contribution is 8.13. The first-order chi connectivity index (χ1) is 9.70. The molecule has 0 fully saturated rings. The number of phenols is 1. The van der Waals surface area contributed by atoms with Crippen molar-refractivity contribution in [2.24, 2.45) is 4.99 Å². The van der Waals surface area contributed by atoms with E-state index in [1.165, 1.54) is 6.26 Å². The summed E-state index contributed by atoms with van der Waals surface area (Å²) in [4.78, 5) is 12.7. The normalized spacial score (nSPS) is 11.8. The Balaban J connectivity index is 3.62. The van der Waals surface area contributed by atoms with Gasteiger partial charge < -0.3 is 5.11 Å². The van der Waals surface area contributed by atoms with Gasteiger partial charge >= 0.3 is 5.69 Å². The summed E-state index contributed by atoms with van der Waals surface area (Å²) in [5, 5.41) is 31.1. The topological polar surface area (TPSA) is 166 Å². The van der Waals surface area contributed by atoms with E-state index in [0.717, 1.165) is 17.8 Å².